The lowest BCUT2D eigenvalue weighted by molar-refractivity contribution is 0.261. The molecule has 1 aliphatic heterocycles. The van der Waals surface area contributed by atoms with Crippen LogP contribution in [0, 0.1) is 6.92 Å². The monoisotopic (exact) mass is 349 g/mol. The zero-order chi connectivity index (χ0) is 18.1. The van der Waals surface area contributed by atoms with Crippen LogP contribution in [0.2, 0.25) is 0 Å². The smallest absolute Gasteiger partial charge is 0.175 e. The molecule has 0 radical (unpaired) electrons. The molecule has 1 fully saturated rings. The Morgan fingerprint density at radius 2 is 2.12 bits per heavy atom. The first-order valence-electron chi connectivity index (χ1n) is 8.98. The number of likely N-dealkylation sites (N-methyl/N-ethyl adjacent to an activating group) is 1. The summed E-state index contributed by atoms with van der Waals surface area (Å²) >= 11 is 0. The SMILES string of the molecule is Cc1ccc(-c2nnc(N[C@@H]3CCCN(C)C3)c3ncccc23)c(O)c1. The highest BCUT2D eigenvalue weighted by atomic mass is 16.3. The molecule has 0 amide bonds. The molecule has 0 aliphatic carbocycles. The third-order valence-electron chi connectivity index (χ3n) is 4.91. The van der Waals surface area contributed by atoms with Gasteiger partial charge in [0, 0.05) is 29.7 Å². The van der Waals surface area contributed by atoms with Gasteiger partial charge >= 0.3 is 0 Å². The number of anilines is 1. The van der Waals surface area contributed by atoms with E-state index in [1.165, 1.54) is 6.42 Å². The first-order valence-corrected chi connectivity index (χ1v) is 8.98. The fraction of sp³-hybridized carbons (Fsp3) is 0.350. The molecule has 1 atom stereocenters. The van der Waals surface area contributed by atoms with Crippen LogP contribution in [0.25, 0.3) is 22.2 Å². The number of fused-ring (bicyclic) bond motifs is 1. The van der Waals surface area contributed by atoms with Gasteiger partial charge in [-0.25, -0.2) is 0 Å². The van der Waals surface area contributed by atoms with E-state index in [1.807, 2.05) is 31.2 Å². The average molecular weight is 349 g/mol. The van der Waals surface area contributed by atoms with Crippen LogP contribution < -0.4 is 5.32 Å². The van der Waals surface area contributed by atoms with E-state index in [2.05, 4.69) is 32.4 Å². The van der Waals surface area contributed by atoms with E-state index in [0.29, 0.717) is 23.1 Å². The number of rotatable bonds is 3. The van der Waals surface area contributed by atoms with Crippen LogP contribution in [0.1, 0.15) is 18.4 Å². The topological polar surface area (TPSA) is 74.2 Å². The van der Waals surface area contributed by atoms with Gasteiger partial charge in [-0.2, -0.15) is 0 Å². The maximum absolute atomic E-state index is 10.4. The number of aryl methyl sites for hydroxylation is 1. The van der Waals surface area contributed by atoms with Crippen LogP contribution in [-0.2, 0) is 0 Å². The van der Waals surface area contributed by atoms with Crippen LogP contribution in [0.4, 0.5) is 5.82 Å². The summed E-state index contributed by atoms with van der Waals surface area (Å²) in [6, 6.07) is 9.78. The Balaban J connectivity index is 1.76. The van der Waals surface area contributed by atoms with E-state index < -0.39 is 0 Å². The molecule has 1 saturated heterocycles. The highest BCUT2D eigenvalue weighted by Crippen LogP contribution is 2.34. The number of nitrogens with zero attached hydrogens (tertiary/aromatic N) is 4. The summed E-state index contributed by atoms with van der Waals surface area (Å²) in [6.07, 6.45) is 4.05. The van der Waals surface area contributed by atoms with Gasteiger partial charge in [0.05, 0.1) is 0 Å². The van der Waals surface area contributed by atoms with Gasteiger partial charge in [-0.3, -0.25) is 4.98 Å². The maximum atomic E-state index is 10.4. The third kappa shape index (κ3) is 3.20. The molecule has 3 aromatic rings. The Morgan fingerprint density at radius 3 is 2.92 bits per heavy atom. The highest BCUT2D eigenvalue weighted by molar-refractivity contribution is 5.98. The second-order valence-electron chi connectivity index (χ2n) is 7.06. The van der Waals surface area contributed by atoms with Crippen molar-refractivity contribution in [1.29, 1.82) is 0 Å². The van der Waals surface area contributed by atoms with E-state index in [4.69, 9.17) is 0 Å². The van der Waals surface area contributed by atoms with Gasteiger partial charge in [0.15, 0.2) is 5.82 Å². The molecule has 26 heavy (non-hydrogen) atoms. The van der Waals surface area contributed by atoms with Gasteiger partial charge < -0.3 is 15.3 Å². The number of piperidine rings is 1. The number of hydrogen-bond acceptors (Lipinski definition) is 6. The Kier molecular flexibility index (Phi) is 4.42. The van der Waals surface area contributed by atoms with Crippen molar-refractivity contribution < 1.29 is 5.11 Å². The van der Waals surface area contributed by atoms with Crippen molar-refractivity contribution in [3.63, 3.8) is 0 Å². The highest BCUT2D eigenvalue weighted by Gasteiger charge is 2.20. The Bertz CT molecular complexity index is 943. The lowest BCUT2D eigenvalue weighted by atomic mass is 10.0. The largest absolute Gasteiger partial charge is 0.507 e. The molecule has 6 nitrogen and oxygen atoms in total. The van der Waals surface area contributed by atoms with Crippen LogP contribution >= 0.6 is 0 Å². The number of hydrogen-bond donors (Lipinski definition) is 2. The molecule has 0 spiro atoms. The zero-order valence-corrected chi connectivity index (χ0v) is 15.1. The minimum Gasteiger partial charge on any atom is -0.507 e. The first-order chi connectivity index (χ1) is 12.6. The molecule has 0 unspecified atom stereocenters. The summed E-state index contributed by atoms with van der Waals surface area (Å²) in [5.74, 6) is 0.912. The number of phenolic OH excluding ortho intramolecular Hbond substituents is 1. The molecule has 2 N–H and O–H groups in total. The fourth-order valence-corrected chi connectivity index (χ4v) is 3.60. The van der Waals surface area contributed by atoms with Crippen molar-refractivity contribution in [3.8, 4) is 17.0 Å². The summed E-state index contributed by atoms with van der Waals surface area (Å²) in [5, 5.41) is 23.6. The second-order valence-corrected chi connectivity index (χ2v) is 7.06. The van der Waals surface area contributed by atoms with Crippen molar-refractivity contribution >= 4 is 16.7 Å². The van der Waals surface area contributed by atoms with Crippen LogP contribution in [0.3, 0.4) is 0 Å². The summed E-state index contributed by atoms with van der Waals surface area (Å²) in [7, 11) is 2.14. The Hall–Kier alpha value is -2.73. The predicted octanol–water partition coefficient (Wildman–Crippen LogP) is 3.21. The van der Waals surface area contributed by atoms with Crippen LogP contribution in [-0.4, -0.2) is 51.4 Å². The number of aromatic hydroxyl groups is 1. The van der Waals surface area contributed by atoms with Crippen molar-refractivity contribution in [3.05, 3.63) is 42.1 Å². The van der Waals surface area contributed by atoms with Crippen molar-refractivity contribution in [2.75, 3.05) is 25.5 Å². The molecular weight excluding hydrogens is 326 g/mol. The van der Waals surface area contributed by atoms with E-state index in [-0.39, 0.29) is 5.75 Å². The Labute approximate surface area is 152 Å². The molecule has 1 aromatic carbocycles. The predicted molar refractivity (Wildman–Crippen MR) is 103 cm³/mol. The number of aromatic nitrogens is 3. The summed E-state index contributed by atoms with van der Waals surface area (Å²) in [5.41, 5.74) is 3.11. The summed E-state index contributed by atoms with van der Waals surface area (Å²) in [6.45, 7) is 4.06. The molecule has 1 aliphatic rings. The van der Waals surface area contributed by atoms with Crippen molar-refractivity contribution in [1.82, 2.24) is 20.1 Å². The molecule has 4 rings (SSSR count). The van der Waals surface area contributed by atoms with E-state index in [1.54, 1.807) is 12.3 Å². The maximum Gasteiger partial charge on any atom is 0.175 e. The molecule has 3 heterocycles. The zero-order valence-electron chi connectivity index (χ0n) is 15.1. The second kappa shape index (κ2) is 6.88. The van der Waals surface area contributed by atoms with E-state index in [9.17, 15) is 5.11 Å². The van der Waals surface area contributed by atoms with Crippen LogP contribution in [0.5, 0.6) is 5.75 Å². The van der Waals surface area contributed by atoms with Gasteiger partial charge in [0.2, 0.25) is 0 Å². The number of nitrogens with one attached hydrogen (secondary N) is 1. The molecule has 2 aromatic heterocycles. The number of phenols is 1. The third-order valence-corrected chi connectivity index (χ3v) is 4.91. The number of benzene rings is 1. The number of likely N-dealkylation sites (tertiary alicyclic amines) is 1. The van der Waals surface area contributed by atoms with E-state index >= 15 is 0 Å². The molecule has 6 heteroatoms. The molecule has 134 valence electrons. The molecular formula is C20H23N5O. The van der Waals surface area contributed by atoms with Gasteiger partial charge in [-0.1, -0.05) is 6.07 Å². The van der Waals surface area contributed by atoms with Gasteiger partial charge in [0.25, 0.3) is 0 Å². The Morgan fingerprint density at radius 1 is 1.23 bits per heavy atom. The standard InChI is InChI=1S/C20H23N5O/c1-13-7-8-15(17(26)11-13)18-16-6-3-9-21-19(16)20(24-23-18)22-14-5-4-10-25(2)12-14/h3,6-9,11,14,26H,4-5,10,12H2,1-2H3,(H,22,24)/t14-/m1/s1. The molecule has 0 bridgehead atoms. The lowest BCUT2D eigenvalue weighted by Crippen LogP contribution is -2.40. The van der Waals surface area contributed by atoms with Gasteiger partial charge in [0.1, 0.15) is 17.0 Å². The lowest BCUT2D eigenvalue weighted by Gasteiger charge is -2.30. The summed E-state index contributed by atoms with van der Waals surface area (Å²) in [4.78, 5) is 6.86. The molecule has 0 saturated carbocycles. The quantitative estimate of drug-likeness (QED) is 0.756. The van der Waals surface area contributed by atoms with Crippen LogP contribution in [0.15, 0.2) is 36.5 Å². The minimum atomic E-state index is 0.207. The van der Waals surface area contributed by atoms with Gasteiger partial charge in [-0.05, 0) is 63.2 Å². The summed E-state index contributed by atoms with van der Waals surface area (Å²) < 4.78 is 0. The average Bonchev–Trinajstić information content (AvgIpc) is 2.63. The fourth-order valence-electron chi connectivity index (χ4n) is 3.60. The van der Waals surface area contributed by atoms with Crippen molar-refractivity contribution in [2.45, 2.75) is 25.8 Å². The first kappa shape index (κ1) is 16.7. The minimum absolute atomic E-state index is 0.207. The van der Waals surface area contributed by atoms with E-state index in [0.717, 1.165) is 36.0 Å². The van der Waals surface area contributed by atoms with Gasteiger partial charge in [-0.15, -0.1) is 10.2 Å². The normalized spacial score (nSPS) is 18.2. The van der Waals surface area contributed by atoms with Crippen molar-refractivity contribution in [2.24, 2.45) is 0 Å². The number of pyridine rings is 1.